The minimum atomic E-state index is -3.23. The maximum absolute atomic E-state index is 12.5. The van der Waals surface area contributed by atoms with E-state index in [-0.39, 0.29) is 0 Å². The molecule has 0 aromatic heterocycles. The van der Waals surface area contributed by atoms with Crippen LogP contribution in [-0.2, 0) is 10.2 Å². The molecule has 1 atom stereocenters. The van der Waals surface area contributed by atoms with E-state index in [1.54, 1.807) is 8.61 Å². The minimum Gasteiger partial charge on any atom is -0.330 e. The quantitative estimate of drug-likeness (QED) is 0.772. The summed E-state index contributed by atoms with van der Waals surface area (Å²) in [5.41, 5.74) is 5.67. The van der Waals surface area contributed by atoms with E-state index >= 15 is 0 Å². The third-order valence-electron chi connectivity index (χ3n) is 4.24. The summed E-state index contributed by atoms with van der Waals surface area (Å²) in [7, 11) is -3.23. The maximum Gasteiger partial charge on any atom is 0.282 e. The van der Waals surface area contributed by atoms with Crippen LogP contribution < -0.4 is 5.73 Å². The van der Waals surface area contributed by atoms with Crippen LogP contribution >= 0.6 is 0 Å². The Kier molecular flexibility index (Phi) is 5.80. The highest BCUT2D eigenvalue weighted by Crippen LogP contribution is 2.18. The van der Waals surface area contributed by atoms with Crippen LogP contribution in [0.4, 0.5) is 0 Å². The average molecular weight is 304 g/mol. The molecular weight excluding hydrogens is 276 g/mol. The lowest BCUT2D eigenvalue weighted by atomic mass is 10.1. The van der Waals surface area contributed by atoms with Crippen LogP contribution in [0.1, 0.15) is 26.2 Å². The molecule has 1 unspecified atom stereocenters. The molecule has 0 bridgehead atoms. The molecule has 0 radical (unpaired) electrons. The first-order chi connectivity index (χ1) is 9.54. The topological polar surface area (TPSA) is 69.9 Å². The van der Waals surface area contributed by atoms with Gasteiger partial charge in [0, 0.05) is 39.3 Å². The van der Waals surface area contributed by atoms with E-state index in [1.807, 2.05) is 0 Å². The number of nitrogens with two attached hydrogens (primary N) is 1. The summed E-state index contributed by atoms with van der Waals surface area (Å²) in [5, 5.41) is 0. The second kappa shape index (κ2) is 7.17. The summed E-state index contributed by atoms with van der Waals surface area (Å²) in [4.78, 5) is 2.34. The first-order valence-corrected chi connectivity index (χ1v) is 9.11. The Bertz CT molecular complexity index is 395. The van der Waals surface area contributed by atoms with E-state index in [9.17, 15) is 8.42 Å². The Morgan fingerprint density at radius 1 is 0.950 bits per heavy atom. The van der Waals surface area contributed by atoms with Gasteiger partial charge >= 0.3 is 0 Å². The van der Waals surface area contributed by atoms with Crippen molar-refractivity contribution >= 4 is 10.2 Å². The fraction of sp³-hybridized carbons (Fsp3) is 1.00. The van der Waals surface area contributed by atoms with E-state index in [2.05, 4.69) is 11.8 Å². The van der Waals surface area contributed by atoms with Gasteiger partial charge < -0.3 is 10.6 Å². The van der Waals surface area contributed by atoms with E-state index in [0.29, 0.717) is 38.6 Å². The van der Waals surface area contributed by atoms with Crippen molar-refractivity contribution in [3.8, 4) is 0 Å². The van der Waals surface area contributed by atoms with Gasteiger partial charge in [-0.3, -0.25) is 0 Å². The van der Waals surface area contributed by atoms with Gasteiger partial charge in [-0.15, -0.1) is 0 Å². The Morgan fingerprint density at radius 2 is 1.55 bits per heavy atom. The summed E-state index contributed by atoms with van der Waals surface area (Å²) >= 11 is 0. The summed E-state index contributed by atoms with van der Waals surface area (Å²) in [6, 6.07) is 0. The van der Waals surface area contributed by atoms with Crippen molar-refractivity contribution in [2.45, 2.75) is 26.2 Å². The molecule has 2 N–H and O–H groups in total. The molecule has 0 aromatic carbocycles. The predicted molar refractivity (Wildman–Crippen MR) is 80.6 cm³/mol. The summed E-state index contributed by atoms with van der Waals surface area (Å²) in [5.74, 6) is 0.469. The molecule has 0 aliphatic carbocycles. The van der Waals surface area contributed by atoms with Crippen molar-refractivity contribution in [1.82, 2.24) is 13.5 Å². The van der Waals surface area contributed by atoms with Crippen LogP contribution in [0.15, 0.2) is 0 Å². The molecule has 2 heterocycles. The Balaban J connectivity index is 1.91. The monoisotopic (exact) mass is 304 g/mol. The SMILES string of the molecule is CC(CN)CN1CCCN(S(=O)(=O)N2CCCC2)CC1. The van der Waals surface area contributed by atoms with Crippen molar-refractivity contribution < 1.29 is 8.42 Å². The summed E-state index contributed by atoms with van der Waals surface area (Å²) in [6.07, 6.45) is 2.89. The molecule has 2 rings (SSSR count). The Morgan fingerprint density at radius 3 is 2.20 bits per heavy atom. The minimum absolute atomic E-state index is 0.469. The molecule has 2 aliphatic rings. The van der Waals surface area contributed by atoms with E-state index in [0.717, 1.165) is 38.9 Å². The van der Waals surface area contributed by atoms with E-state index in [1.165, 1.54) is 0 Å². The van der Waals surface area contributed by atoms with Crippen LogP contribution in [0.3, 0.4) is 0 Å². The first kappa shape index (κ1) is 16.2. The normalized spacial score (nSPS) is 25.7. The van der Waals surface area contributed by atoms with Crippen LogP contribution in [-0.4, -0.2) is 74.3 Å². The second-order valence-electron chi connectivity index (χ2n) is 6.01. The zero-order valence-corrected chi connectivity index (χ0v) is 13.3. The third-order valence-corrected chi connectivity index (χ3v) is 6.27. The molecule has 2 aliphatic heterocycles. The van der Waals surface area contributed by atoms with Gasteiger partial charge in [0.1, 0.15) is 0 Å². The lowest BCUT2D eigenvalue weighted by molar-refractivity contribution is 0.249. The second-order valence-corrected chi connectivity index (χ2v) is 7.94. The number of rotatable bonds is 5. The molecule has 0 saturated carbocycles. The van der Waals surface area contributed by atoms with Gasteiger partial charge in [-0.1, -0.05) is 6.92 Å². The first-order valence-electron chi connectivity index (χ1n) is 7.71. The van der Waals surface area contributed by atoms with Gasteiger partial charge in [-0.2, -0.15) is 17.0 Å². The fourth-order valence-corrected chi connectivity index (χ4v) is 4.68. The molecule has 20 heavy (non-hydrogen) atoms. The van der Waals surface area contributed by atoms with Crippen LogP contribution in [0.25, 0.3) is 0 Å². The molecule has 2 saturated heterocycles. The Labute approximate surface area is 123 Å². The predicted octanol–water partition coefficient (Wildman–Crippen LogP) is -0.0705. The highest BCUT2D eigenvalue weighted by molar-refractivity contribution is 7.86. The van der Waals surface area contributed by atoms with Crippen LogP contribution in [0.5, 0.6) is 0 Å². The van der Waals surface area contributed by atoms with Crippen molar-refractivity contribution in [3.05, 3.63) is 0 Å². The molecule has 7 heteroatoms. The van der Waals surface area contributed by atoms with Gasteiger partial charge in [0.15, 0.2) is 0 Å². The fourth-order valence-electron chi connectivity index (χ4n) is 2.96. The summed E-state index contributed by atoms with van der Waals surface area (Å²) in [6.45, 7) is 8.21. The molecular formula is C13H28N4O2S. The largest absolute Gasteiger partial charge is 0.330 e. The van der Waals surface area contributed by atoms with Gasteiger partial charge in [0.25, 0.3) is 10.2 Å². The smallest absolute Gasteiger partial charge is 0.282 e. The summed E-state index contributed by atoms with van der Waals surface area (Å²) < 4.78 is 28.4. The van der Waals surface area contributed by atoms with Gasteiger partial charge in [-0.25, -0.2) is 0 Å². The van der Waals surface area contributed by atoms with Gasteiger partial charge in [0.2, 0.25) is 0 Å². The maximum atomic E-state index is 12.5. The molecule has 2 fully saturated rings. The Hall–Kier alpha value is -0.210. The highest BCUT2D eigenvalue weighted by Gasteiger charge is 2.32. The van der Waals surface area contributed by atoms with Crippen molar-refractivity contribution in [2.75, 3.05) is 52.4 Å². The highest BCUT2D eigenvalue weighted by atomic mass is 32.2. The molecule has 0 spiro atoms. The van der Waals surface area contributed by atoms with E-state index in [4.69, 9.17) is 5.73 Å². The standard InChI is InChI=1S/C13H28N4O2S/c1-13(11-14)12-15-5-4-8-17(10-9-15)20(18,19)16-6-2-3-7-16/h13H,2-12,14H2,1H3. The van der Waals surface area contributed by atoms with Crippen molar-refractivity contribution in [1.29, 1.82) is 0 Å². The molecule has 0 amide bonds. The van der Waals surface area contributed by atoms with Crippen LogP contribution in [0.2, 0.25) is 0 Å². The van der Waals surface area contributed by atoms with Crippen LogP contribution in [0, 0.1) is 5.92 Å². The van der Waals surface area contributed by atoms with Crippen molar-refractivity contribution in [2.24, 2.45) is 11.7 Å². The molecule has 0 aromatic rings. The molecule has 118 valence electrons. The zero-order valence-electron chi connectivity index (χ0n) is 12.5. The average Bonchev–Trinajstić information content (AvgIpc) is 2.87. The number of hydrogen-bond donors (Lipinski definition) is 1. The lowest BCUT2D eigenvalue weighted by Crippen LogP contribution is -2.44. The van der Waals surface area contributed by atoms with Crippen molar-refractivity contribution in [3.63, 3.8) is 0 Å². The zero-order chi connectivity index (χ0) is 14.6. The van der Waals surface area contributed by atoms with Gasteiger partial charge in [0.05, 0.1) is 0 Å². The van der Waals surface area contributed by atoms with E-state index < -0.39 is 10.2 Å². The number of nitrogens with zero attached hydrogens (tertiary/aromatic N) is 3. The number of hydrogen-bond acceptors (Lipinski definition) is 4. The molecule has 6 nitrogen and oxygen atoms in total. The van der Waals surface area contributed by atoms with Gasteiger partial charge in [-0.05, 0) is 38.3 Å². The third kappa shape index (κ3) is 3.92. The lowest BCUT2D eigenvalue weighted by Gasteiger charge is -2.26.